The minimum Gasteiger partial charge on any atom is -0.484 e. The summed E-state index contributed by atoms with van der Waals surface area (Å²) in [6.45, 7) is 0.889. The highest BCUT2D eigenvalue weighted by atomic mass is 19.1. The molecule has 0 bridgehead atoms. The molecule has 2 aromatic heterocycles. The summed E-state index contributed by atoms with van der Waals surface area (Å²) in [6, 6.07) is 11.9. The van der Waals surface area contributed by atoms with Crippen molar-refractivity contribution in [2.24, 2.45) is 0 Å². The summed E-state index contributed by atoms with van der Waals surface area (Å²) in [4.78, 5) is 4.28. The molecule has 0 aliphatic heterocycles. The Hall–Kier alpha value is -2.89. The summed E-state index contributed by atoms with van der Waals surface area (Å²) in [5.74, 6) is 0.957. The zero-order chi connectivity index (χ0) is 16.1. The molecular formula is C17H16FN3O2. The number of aromatic nitrogens is 3. The molecule has 0 saturated heterocycles. The first kappa shape index (κ1) is 15.0. The predicted molar refractivity (Wildman–Crippen MR) is 82.9 cm³/mol. The van der Waals surface area contributed by atoms with Crippen molar-refractivity contribution in [2.45, 2.75) is 13.2 Å². The molecule has 23 heavy (non-hydrogen) atoms. The standard InChI is InChI=1S/C17H16FN3O2/c1-22-17-4-2-3-15(20-17)12-23-16-9-19-21(11-16)10-13-5-7-14(18)8-6-13/h2-9,11H,10,12H2,1H3. The van der Waals surface area contributed by atoms with E-state index < -0.39 is 0 Å². The number of nitrogens with zero attached hydrogens (tertiary/aromatic N) is 3. The van der Waals surface area contributed by atoms with E-state index >= 15 is 0 Å². The van der Waals surface area contributed by atoms with Crippen molar-refractivity contribution in [1.82, 2.24) is 14.8 Å². The first-order chi connectivity index (χ1) is 11.2. The van der Waals surface area contributed by atoms with Gasteiger partial charge < -0.3 is 9.47 Å². The van der Waals surface area contributed by atoms with Crippen LogP contribution in [0.15, 0.2) is 54.9 Å². The average molecular weight is 313 g/mol. The van der Waals surface area contributed by atoms with Crippen LogP contribution in [0.25, 0.3) is 0 Å². The van der Waals surface area contributed by atoms with Gasteiger partial charge in [-0.2, -0.15) is 5.10 Å². The lowest BCUT2D eigenvalue weighted by atomic mass is 10.2. The van der Waals surface area contributed by atoms with Gasteiger partial charge in [-0.3, -0.25) is 4.68 Å². The summed E-state index contributed by atoms with van der Waals surface area (Å²) in [7, 11) is 1.58. The van der Waals surface area contributed by atoms with Crippen molar-refractivity contribution < 1.29 is 13.9 Å². The summed E-state index contributed by atoms with van der Waals surface area (Å²) in [5, 5.41) is 4.23. The van der Waals surface area contributed by atoms with Crippen molar-refractivity contribution in [1.29, 1.82) is 0 Å². The summed E-state index contributed by atoms with van der Waals surface area (Å²) >= 11 is 0. The molecule has 3 rings (SSSR count). The third-order valence-electron chi connectivity index (χ3n) is 3.24. The summed E-state index contributed by atoms with van der Waals surface area (Å²) < 4.78 is 25.4. The number of rotatable bonds is 6. The molecule has 0 atom stereocenters. The molecule has 118 valence electrons. The first-order valence-corrected chi connectivity index (χ1v) is 7.12. The second-order valence-corrected chi connectivity index (χ2v) is 4.96. The van der Waals surface area contributed by atoms with Crippen molar-refractivity contribution in [2.75, 3.05) is 7.11 Å². The van der Waals surface area contributed by atoms with Crippen LogP contribution in [0.4, 0.5) is 4.39 Å². The van der Waals surface area contributed by atoms with E-state index in [1.165, 1.54) is 12.1 Å². The SMILES string of the molecule is COc1cccc(COc2cnn(Cc3ccc(F)cc3)c2)n1. The Balaban J connectivity index is 1.59. The molecular weight excluding hydrogens is 297 g/mol. The van der Waals surface area contributed by atoms with Gasteiger partial charge in [0.25, 0.3) is 0 Å². The highest BCUT2D eigenvalue weighted by Gasteiger charge is 2.03. The second-order valence-electron chi connectivity index (χ2n) is 4.96. The normalized spacial score (nSPS) is 10.5. The van der Waals surface area contributed by atoms with Crippen LogP contribution in [0, 0.1) is 5.82 Å². The van der Waals surface area contributed by atoms with Crippen LogP contribution >= 0.6 is 0 Å². The Morgan fingerprint density at radius 2 is 1.96 bits per heavy atom. The van der Waals surface area contributed by atoms with Crippen LogP contribution in [0.2, 0.25) is 0 Å². The topological polar surface area (TPSA) is 49.2 Å². The van der Waals surface area contributed by atoms with Gasteiger partial charge in [-0.25, -0.2) is 9.37 Å². The third kappa shape index (κ3) is 4.06. The van der Waals surface area contributed by atoms with E-state index in [1.54, 1.807) is 42.4 Å². The monoisotopic (exact) mass is 313 g/mol. The Bertz CT molecular complexity index is 772. The van der Waals surface area contributed by atoms with Gasteiger partial charge in [0.15, 0.2) is 5.75 Å². The van der Waals surface area contributed by atoms with E-state index in [2.05, 4.69) is 10.1 Å². The molecule has 0 N–H and O–H groups in total. The fourth-order valence-electron chi connectivity index (χ4n) is 2.09. The van der Waals surface area contributed by atoms with Crippen LogP contribution in [0.1, 0.15) is 11.3 Å². The van der Waals surface area contributed by atoms with Crippen LogP contribution in [-0.4, -0.2) is 21.9 Å². The average Bonchev–Trinajstić information content (AvgIpc) is 3.03. The van der Waals surface area contributed by atoms with E-state index in [4.69, 9.17) is 9.47 Å². The van der Waals surface area contributed by atoms with E-state index in [0.717, 1.165) is 11.3 Å². The quantitative estimate of drug-likeness (QED) is 0.702. The number of benzene rings is 1. The number of pyridine rings is 1. The molecule has 3 aromatic rings. The van der Waals surface area contributed by atoms with Gasteiger partial charge in [-0.1, -0.05) is 18.2 Å². The van der Waals surface area contributed by atoms with Crippen LogP contribution < -0.4 is 9.47 Å². The van der Waals surface area contributed by atoms with Gasteiger partial charge in [0.05, 0.1) is 31.7 Å². The largest absolute Gasteiger partial charge is 0.484 e. The Morgan fingerprint density at radius 3 is 2.74 bits per heavy atom. The zero-order valence-corrected chi connectivity index (χ0v) is 12.6. The lowest BCUT2D eigenvalue weighted by Crippen LogP contribution is -2.00. The second kappa shape index (κ2) is 6.91. The van der Waals surface area contributed by atoms with E-state index in [0.29, 0.717) is 24.8 Å². The van der Waals surface area contributed by atoms with Crippen molar-refractivity contribution in [3.8, 4) is 11.6 Å². The predicted octanol–water partition coefficient (Wildman–Crippen LogP) is 3.05. The van der Waals surface area contributed by atoms with Crippen LogP contribution in [-0.2, 0) is 13.2 Å². The Kier molecular flexibility index (Phi) is 4.52. The maximum absolute atomic E-state index is 12.9. The molecule has 0 aliphatic carbocycles. The molecule has 0 unspecified atom stereocenters. The van der Waals surface area contributed by atoms with Gasteiger partial charge in [0.2, 0.25) is 5.88 Å². The van der Waals surface area contributed by atoms with Crippen LogP contribution in [0.3, 0.4) is 0 Å². The highest BCUT2D eigenvalue weighted by Crippen LogP contribution is 2.14. The van der Waals surface area contributed by atoms with Gasteiger partial charge in [0, 0.05) is 6.07 Å². The minimum atomic E-state index is -0.246. The smallest absolute Gasteiger partial charge is 0.213 e. The third-order valence-corrected chi connectivity index (χ3v) is 3.24. The zero-order valence-electron chi connectivity index (χ0n) is 12.6. The number of ether oxygens (including phenoxy) is 2. The maximum atomic E-state index is 12.9. The molecule has 0 saturated carbocycles. The fraction of sp³-hybridized carbons (Fsp3) is 0.176. The molecule has 0 amide bonds. The number of methoxy groups -OCH3 is 1. The van der Waals surface area contributed by atoms with E-state index in [1.807, 2.05) is 12.1 Å². The Morgan fingerprint density at radius 1 is 1.13 bits per heavy atom. The lowest BCUT2D eigenvalue weighted by Gasteiger charge is -2.04. The van der Waals surface area contributed by atoms with E-state index in [-0.39, 0.29) is 5.82 Å². The molecule has 0 fully saturated rings. The molecule has 0 aliphatic rings. The van der Waals surface area contributed by atoms with Gasteiger partial charge in [-0.15, -0.1) is 0 Å². The molecule has 0 radical (unpaired) electrons. The molecule has 0 spiro atoms. The lowest BCUT2D eigenvalue weighted by molar-refractivity contribution is 0.297. The van der Waals surface area contributed by atoms with Gasteiger partial charge >= 0.3 is 0 Å². The van der Waals surface area contributed by atoms with Gasteiger partial charge in [-0.05, 0) is 23.8 Å². The van der Waals surface area contributed by atoms with Crippen molar-refractivity contribution in [3.05, 3.63) is 71.9 Å². The van der Waals surface area contributed by atoms with Crippen LogP contribution in [0.5, 0.6) is 11.6 Å². The minimum absolute atomic E-state index is 0.246. The number of hydrogen-bond acceptors (Lipinski definition) is 4. The molecule has 6 heteroatoms. The number of halogens is 1. The van der Waals surface area contributed by atoms with Crippen molar-refractivity contribution in [3.63, 3.8) is 0 Å². The first-order valence-electron chi connectivity index (χ1n) is 7.12. The van der Waals surface area contributed by atoms with Crippen molar-refractivity contribution >= 4 is 0 Å². The fourth-order valence-corrected chi connectivity index (χ4v) is 2.09. The maximum Gasteiger partial charge on any atom is 0.213 e. The van der Waals surface area contributed by atoms with Gasteiger partial charge in [0.1, 0.15) is 12.4 Å². The summed E-state index contributed by atoms with van der Waals surface area (Å²) in [5.41, 5.74) is 1.74. The number of hydrogen-bond donors (Lipinski definition) is 0. The molecule has 5 nitrogen and oxygen atoms in total. The van der Waals surface area contributed by atoms with E-state index in [9.17, 15) is 4.39 Å². The Labute approximate surface area is 133 Å². The highest BCUT2D eigenvalue weighted by molar-refractivity contribution is 5.19. The molecule has 2 heterocycles. The molecule has 1 aromatic carbocycles. The summed E-state index contributed by atoms with van der Waals surface area (Å²) in [6.07, 6.45) is 3.44.